The van der Waals surface area contributed by atoms with Crippen molar-refractivity contribution in [1.29, 1.82) is 0 Å². The molecule has 0 amide bonds. The summed E-state index contributed by atoms with van der Waals surface area (Å²) in [5.41, 5.74) is 0. The van der Waals surface area contributed by atoms with Crippen molar-refractivity contribution < 1.29 is 0 Å². The molecule has 0 spiro atoms. The van der Waals surface area contributed by atoms with Gasteiger partial charge in [-0.15, -0.1) is 24.0 Å². The van der Waals surface area contributed by atoms with E-state index in [2.05, 4.69) is 27.2 Å². The molecule has 1 N–H and O–H groups in total. The molecule has 108 valence electrons. The summed E-state index contributed by atoms with van der Waals surface area (Å²) < 4.78 is 1.93. The van der Waals surface area contributed by atoms with Crippen LogP contribution in [0, 0.1) is 5.92 Å². The van der Waals surface area contributed by atoms with E-state index >= 15 is 0 Å². The summed E-state index contributed by atoms with van der Waals surface area (Å²) in [7, 11) is 1.86. The molecule has 5 nitrogen and oxygen atoms in total. The second-order valence-electron chi connectivity index (χ2n) is 4.91. The number of hydrogen-bond acceptors (Lipinski definition) is 2. The number of guanidine groups is 1. The van der Waals surface area contributed by atoms with Crippen LogP contribution in [-0.2, 0) is 6.54 Å². The van der Waals surface area contributed by atoms with Gasteiger partial charge in [-0.1, -0.05) is 6.92 Å². The number of halogens is 1. The molecule has 6 heteroatoms. The van der Waals surface area contributed by atoms with Crippen LogP contribution < -0.4 is 5.32 Å². The van der Waals surface area contributed by atoms with E-state index in [1.807, 2.05) is 24.0 Å². The van der Waals surface area contributed by atoms with Crippen LogP contribution in [0.3, 0.4) is 0 Å². The molecule has 0 atom stereocenters. The lowest BCUT2D eigenvalue weighted by Gasteiger charge is -2.32. The van der Waals surface area contributed by atoms with Gasteiger partial charge in [0.2, 0.25) is 0 Å². The van der Waals surface area contributed by atoms with Crippen molar-refractivity contribution >= 4 is 29.9 Å². The van der Waals surface area contributed by atoms with E-state index in [0.717, 1.165) is 38.1 Å². The molecule has 0 radical (unpaired) electrons. The zero-order valence-electron chi connectivity index (χ0n) is 11.7. The Morgan fingerprint density at radius 1 is 1.42 bits per heavy atom. The third kappa shape index (κ3) is 5.00. The van der Waals surface area contributed by atoms with Crippen LogP contribution in [0.25, 0.3) is 0 Å². The molecule has 1 aromatic heterocycles. The normalized spacial score (nSPS) is 17.2. The van der Waals surface area contributed by atoms with E-state index < -0.39 is 0 Å². The van der Waals surface area contributed by atoms with Crippen molar-refractivity contribution in [3.05, 3.63) is 18.5 Å². The average Bonchev–Trinajstić information content (AvgIpc) is 2.89. The predicted octanol–water partition coefficient (Wildman–Crippen LogP) is 1.81. The first-order valence-electron chi connectivity index (χ1n) is 6.72. The number of piperidine rings is 1. The number of likely N-dealkylation sites (tertiary alicyclic amines) is 1. The summed E-state index contributed by atoms with van der Waals surface area (Å²) in [5, 5.41) is 7.59. The van der Waals surface area contributed by atoms with Crippen LogP contribution in [0.4, 0.5) is 0 Å². The van der Waals surface area contributed by atoms with Gasteiger partial charge in [0.05, 0.1) is 6.54 Å². The van der Waals surface area contributed by atoms with Gasteiger partial charge in [0, 0.05) is 39.1 Å². The van der Waals surface area contributed by atoms with Gasteiger partial charge in [0.1, 0.15) is 0 Å². The minimum atomic E-state index is 0. The first-order valence-corrected chi connectivity index (χ1v) is 6.72. The SMILES string of the molecule is CN=C(NCCn1cccn1)N1CCC(C)CC1.I. The number of aromatic nitrogens is 2. The predicted molar refractivity (Wildman–Crippen MR) is 89.0 cm³/mol. The lowest BCUT2D eigenvalue weighted by molar-refractivity contribution is 0.273. The zero-order chi connectivity index (χ0) is 12.8. The Bertz CT molecular complexity index is 368. The molecule has 1 fully saturated rings. The highest BCUT2D eigenvalue weighted by Crippen LogP contribution is 2.15. The van der Waals surface area contributed by atoms with E-state index in [1.54, 1.807) is 6.20 Å². The fourth-order valence-corrected chi connectivity index (χ4v) is 2.27. The molecule has 19 heavy (non-hydrogen) atoms. The van der Waals surface area contributed by atoms with E-state index in [-0.39, 0.29) is 24.0 Å². The van der Waals surface area contributed by atoms with Gasteiger partial charge >= 0.3 is 0 Å². The van der Waals surface area contributed by atoms with Crippen LogP contribution >= 0.6 is 24.0 Å². The standard InChI is InChI=1S/C13H23N5.HI/c1-12-4-9-17(10-5-12)13(14-2)15-7-11-18-8-3-6-16-18;/h3,6,8,12H,4-5,7,9-11H2,1-2H3,(H,14,15);1H. The van der Waals surface area contributed by atoms with Crippen molar-refractivity contribution in [2.75, 3.05) is 26.7 Å². The summed E-state index contributed by atoms with van der Waals surface area (Å²) in [6.07, 6.45) is 6.31. The molecule has 0 unspecified atom stereocenters. The molecule has 1 aromatic rings. The average molecular weight is 377 g/mol. The highest BCUT2D eigenvalue weighted by atomic mass is 127. The summed E-state index contributed by atoms with van der Waals surface area (Å²) in [6.45, 7) is 6.28. The molecular weight excluding hydrogens is 353 g/mol. The molecule has 1 saturated heterocycles. The summed E-state index contributed by atoms with van der Waals surface area (Å²) in [6, 6.07) is 1.95. The van der Waals surface area contributed by atoms with E-state index in [4.69, 9.17) is 0 Å². The maximum atomic E-state index is 4.36. The van der Waals surface area contributed by atoms with Crippen LogP contribution in [0.15, 0.2) is 23.5 Å². The van der Waals surface area contributed by atoms with Crippen LogP contribution in [0.5, 0.6) is 0 Å². The maximum Gasteiger partial charge on any atom is 0.193 e. The fourth-order valence-electron chi connectivity index (χ4n) is 2.27. The Morgan fingerprint density at radius 2 is 2.16 bits per heavy atom. The molecule has 0 aliphatic carbocycles. The molecule has 2 heterocycles. The summed E-state index contributed by atoms with van der Waals surface area (Å²) >= 11 is 0. The number of nitrogens with zero attached hydrogens (tertiary/aromatic N) is 4. The first-order chi connectivity index (χ1) is 8.79. The Balaban J connectivity index is 0.00000180. The van der Waals surface area contributed by atoms with Gasteiger partial charge in [-0.25, -0.2) is 0 Å². The first kappa shape index (κ1) is 16.3. The minimum Gasteiger partial charge on any atom is -0.354 e. The van der Waals surface area contributed by atoms with Crippen molar-refractivity contribution in [1.82, 2.24) is 20.0 Å². The second-order valence-corrected chi connectivity index (χ2v) is 4.91. The van der Waals surface area contributed by atoms with Crippen molar-refractivity contribution in [3.8, 4) is 0 Å². The van der Waals surface area contributed by atoms with Crippen molar-refractivity contribution in [2.24, 2.45) is 10.9 Å². The van der Waals surface area contributed by atoms with Crippen LogP contribution in [-0.4, -0.2) is 47.3 Å². The quantitative estimate of drug-likeness (QED) is 0.497. The van der Waals surface area contributed by atoms with E-state index in [0.29, 0.717) is 0 Å². The monoisotopic (exact) mass is 377 g/mol. The van der Waals surface area contributed by atoms with Crippen molar-refractivity contribution in [2.45, 2.75) is 26.3 Å². The molecule has 0 bridgehead atoms. The number of aliphatic imine (C=N–C) groups is 1. The van der Waals surface area contributed by atoms with Crippen LogP contribution in [0.2, 0.25) is 0 Å². The second kappa shape index (κ2) is 8.39. The lowest BCUT2D eigenvalue weighted by Crippen LogP contribution is -2.46. The largest absolute Gasteiger partial charge is 0.354 e. The Hall–Kier alpha value is -0.790. The molecule has 0 saturated carbocycles. The highest BCUT2D eigenvalue weighted by Gasteiger charge is 2.18. The van der Waals surface area contributed by atoms with Crippen molar-refractivity contribution in [3.63, 3.8) is 0 Å². The van der Waals surface area contributed by atoms with E-state index in [9.17, 15) is 0 Å². The Labute approximate surface area is 132 Å². The number of rotatable bonds is 3. The minimum absolute atomic E-state index is 0. The van der Waals surface area contributed by atoms with Gasteiger partial charge in [-0.05, 0) is 24.8 Å². The summed E-state index contributed by atoms with van der Waals surface area (Å²) in [4.78, 5) is 6.71. The number of nitrogens with one attached hydrogen (secondary N) is 1. The van der Waals surface area contributed by atoms with E-state index in [1.165, 1.54) is 12.8 Å². The third-order valence-electron chi connectivity index (χ3n) is 3.48. The lowest BCUT2D eigenvalue weighted by atomic mass is 10.00. The molecular formula is C13H24IN5. The van der Waals surface area contributed by atoms with Gasteiger partial charge in [0.25, 0.3) is 0 Å². The highest BCUT2D eigenvalue weighted by molar-refractivity contribution is 14.0. The number of hydrogen-bond donors (Lipinski definition) is 1. The third-order valence-corrected chi connectivity index (χ3v) is 3.48. The zero-order valence-corrected chi connectivity index (χ0v) is 14.1. The van der Waals surface area contributed by atoms with Gasteiger partial charge in [-0.2, -0.15) is 5.10 Å². The molecule has 1 aliphatic rings. The Morgan fingerprint density at radius 3 is 2.74 bits per heavy atom. The van der Waals surface area contributed by atoms with Gasteiger partial charge in [0.15, 0.2) is 5.96 Å². The fraction of sp³-hybridized carbons (Fsp3) is 0.692. The molecule has 1 aliphatic heterocycles. The van der Waals surface area contributed by atoms with Gasteiger partial charge < -0.3 is 10.2 Å². The molecule has 0 aromatic carbocycles. The maximum absolute atomic E-state index is 4.36. The smallest absolute Gasteiger partial charge is 0.193 e. The van der Waals surface area contributed by atoms with Crippen LogP contribution in [0.1, 0.15) is 19.8 Å². The van der Waals surface area contributed by atoms with Gasteiger partial charge in [-0.3, -0.25) is 9.67 Å². The summed E-state index contributed by atoms with van der Waals surface area (Å²) in [5.74, 6) is 1.87. The Kier molecular flexibility index (Phi) is 7.19. The molecule has 2 rings (SSSR count). The topological polar surface area (TPSA) is 45.5 Å².